The number of piperidine rings is 1. The van der Waals surface area contributed by atoms with Crippen LogP contribution < -0.4 is 0 Å². The molecule has 5 aliphatic carbocycles. The van der Waals surface area contributed by atoms with Crippen LogP contribution in [0, 0.1) is 34.5 Å². The number of likely N-dealkylation sites (tertiary alicyclic amines) is 1. The van der Waals surface area contributed by atoms with Crippen LogP contribution in [0.5, 0.6) is 0 Å². The van der Waals surface area contributed by atoms with E-state index in [9.17, 15) is 24.9 Å². The first-order valence-corrected chi connectivity index (χ1v) is 22.3. The van der Waals surface area contributed by atoms with Crippen LogP contribution in [0.2, 0.25) is 0 Å². The third-order valence-corrected chi connectivity index (χ3v) is 16.1. The molecule has 12 nitrogen and oxygen atoms in total. The van der Waals surface area contributed by atoms with Crippen molar-refractivity contribution < 1.29 is 53.3 Å². The lowest BCUT2D eigenvalue weighted by Crippen LogP contribution is -2.81. The van der Waals surface area contributed by atoms with Crippen molar-refractivity contribution in [2.45, 2.75) is 157 Å². The Labute approximate surface area is 345 Å². The quantitative estimate of drug-likeness (QED) is 0.109. The normalized spacial score (nSPS) is 42.1. The third-order valence-electron chi connectivity index (χ3n) is 16.1. The van der Waals surface area contributed by atoms with E-state index in [0.717, 1.165) is 19.3 Å². The molecule has 1 saturated heterocycles. The fourth-order valence-electron chi connectivity index (χ4n) is 14.3. The van der Waals surface area contributed by atoms with E-state index in [4.69, 9.17) is 28.4 Å². The second-order valence-corrected chi connectivity index (χ2v) is 18.8. The molecule has 5 saturated carbocycles. The number of fused-ring (bicyclic) bond motifs is 2. The topological polar surface area (TPSA) is 153 Å². The summed E-state index contributed by atoms with van der Waals surface area (Å²) in [4.78, 5) is 30.7. The first kappa shape index (κ1) is 43.9. The number of hydrogen-bond donors (Lipinski definition) is 3. The average molecular weight is 814 g/mol. The molecule has 0 amide bonds. The minimum absolute atomic E-state index is 0.0843. The van der Waals surface area contributed by atoms with Crippen LogP contribution >= 0.6 is 0 Å². The van der Waals surface area contributed by atoms with Crippen LogP contribution in [-0.4, -0.2) is 135 Å². The molecule has 1 aliphatic heterocycles. The number of benzene rings is 1. The summed E-state index contributed by atoms with van der Waals surface area (Å²) in [6.45, 7) is 2.96. The molecule has 7 rings (SSSR count). The third kappa shape index (κ3) is 6.61. The van der Waals surface area contributed by atoms with Crippen LogP contribution in [0.25, 0.3) is 0 Å². The van der Waals surface area contributed by atoms with Gasteiger partial charge in [0.25, 0.3) is 0 Å². The molecule has 12 heteroatoms. The summed E-state index contributed by atoms with van der Waals surface area (Å²) in [6.07, 6.45) is 8.59. The van der Waals surface area contributed by atoms with Crippen molar-refractivity contribution in [1.29, 1.82) is 0 Å². The average Bonchev–Trinajstić information content (AvgIpc) is 3.61. The summed E-state index contributed by atoms with van der Waals surface area (Å²) in [7, 11) is 8.39. The first-order chi connectivity index (χ1) is 28.0. The monoisotopic (exact) mass is 814 g/mol. The molecular weight excluding hydrogens is 743 g/mol. The molecule has 1 aromatic carbocycles. The number of esters is 2. The number of aliphatic hydroxyl groups excluding tert-OH is 2. The van der Waals surface area contributed by atoms with Crippen LogP contribution in [0.3, 0.4) is 0 Å². The summed E-state index contributed by atoms with van der Waals surface area (Å²) in [6, 6.07) is 8.28. The summed E-state index contributed by atoms with van der Waals surface area (Å²) in [5, 5.41) is 38.1. The maximum atomic E-state index is 14.5. The SMILES string of the molecule is CCCCCCCCCCCCCCC(=O)O[C@]12[C@H]3[C@@H](OC(=O)c4ccccc4)[C@@](O)(C[C@H]3[C@@]34C(OC)C[C@@H](O)[C@@]5(COC)CN(C)[C@@H]3[C@@H]1[C@H](OC)[C@H]54)[C@@H](OC)[C@@H]2O. The molecule has 1 unspecified atom stereocenters. The molecule has 1 heterocycles. The molecule has 58 heavy (non-hydrogen) atoms. The Kier molecular flexibility index (Phi) is 13.4. The van der Waals surface area contributed by atoms with E-state index >= 15 is 0 Å². The van der Waals surface area contributed by atoms with Gasteiger partial charge in [0.1, 0.15) is 23.9 Å². The van der Waals surface area contributed by atoms with E-state index in [1.165, 1.54) is 58.5 Å². The van der Waals surface area contributed by atoms with Crippen molar-refractivity contribution in [2.75, 3.05) is 48.6 Å². The van der Waals surface area contributed by atoms with Crippen molar-refractivity contribution in [3.05, 3.63) is 35.9 Å². The predicted octanol–water partition coefficient (Wildman–Crippen LogP) is 5.33. The van der Waals surface area contributed by atoms with E-state index in [-0.39, 0.29) is 31.4 Å². The van der Waals surface area contributed by atoms with Gasteiger partial charge in [0.15, 0.2) is 5.60 Å². The Morgan fingerprint density at radius 3 is 2.05 bits per heavy atom. The second kappa shape index (κ2) is 17.7. The number of ether oxygens (including phenoxy) is 6. The van der Waals surface area contributed by atoms with E-state index in [1.807, 2.05) is 13.1 Å². The van der Waals surface area contributed by atoms with Crippen LogP contribution in [0.1, 0.15) is 114 Å². The molecule has 0 radical (unpaired) electrons. The first-order valence-electron chi connectivity index (χ1n) is 22.3. The Hall–Kier alpha value is -2.16. The summed E-state index contributed by atoms with van der Waals surface area (Å²) < 4.78 is 38.4. The lowest BCUT2D eigenvalue weighted by Gasteiger charge is -2.70. The fourth-order valence-corrected chi connectivity index (χ4v) is 14.3. The number of carbonyl (C=O) groups is 2. The smallest absolute Gasteiger partial charge is 0.338 e. The van der Waals surface area contributed by atoms with Gasteiger partial charge in [0, 0.05) is 82.5 Å². The summed E-state index contributed by atoms with van der Waals surface area (Å²) >= 11 is 0. The van der Waals surface area contributed by atoms with E-state index in [1.54, 1.807) is 45.6 Å². The largest absolute Gasteiger partial charge is 0.455 e. The molecule has 0 aromatic heterocycles. The maximum absolute atomic E-state index is 14.5. The number of aliphatic hydroxyl groups is 3. The van der Waals surface area contributed by atoms with Gasteiger partial charge >= 0.3 is 11.9 Å². The Bertz CT molecular complexity index is 1560. The Balaban J connectivity index is 1.24. The van der Waals surface area contributed by atoms with Gasteiger partial charge in [-0.15, -0.1) is 0 Å². The van der Waals surface area contributed by atoms with Crippen molar-refractivity contribution >= 4 is 11.9 Å². The highest BCUT2D eigenvalue weighted by Gasteiger charge is 2.92. The molecule has 326 valence electrons. The molecule has 6 fully saturated rings. The predicted molar refractivity (Wildman–Crippen MR) is 216 cm³/mol. The highest BCUT2D eigenvalue weighted by Crippen LogP contribution is 2.80. The van der Waals surface area contributed by atoms with Gasteiger partial charge in [-0.1, -0.05) is 95.8 Å². The number of carbonyl (C=O) groups excluding carboxylic acids is 2. The van der Waals surface area contributed by atoms with Gasteiger partial charge in [0.05, 0.1) is 30.5 Å². The number of rotatable bonds is 21. The van der Waals surface area contributed by atoms with E-state index in [0.29, 0.717) is 24.9 Å². The zero-order valence-corrected chi connectivity index (χ0v) is 35.8. The van der Waals surface area contributed by atoms with Gasteiger partial charge in [-0.2, -0.15) is 0 Å². The van der Waals surface area contributed by atoms with Crippen LogP contribution in [0.4, 0.5) is 0 Å². The number of nitrogens with zero attached hydrogens (tertiary/aromatic N) is 1. The molecular formula is C46H71NO11. The molecule has 3 N–H and O–H groups in total. The minimum atomic E-state index is -1.84. The highest BCUT2D eigenvalue weighted by molar-refractivity contribution is 5.89. The standard InChI is InChI=1S/C46H71NO11/c1-7-8-9-10-11-12-13-14-15-16-17-21-24-33(49)58-46-34-30(26-44(52,41(56-6)39(46)50)40(34)57-42(51)29-22-19-18-20-23-29)45-32(54-4)25-31(48)43(28-53-3)27-47(2)38(45)35(46)36(55-5)37(43)45/h18-20,22-23,30-32,34-41,48,50,52H,7-17,21,24-28H2,1-6H3/t30-,31-,32?,34-,35+,36+,37-,38-,39+,40-,41+,43+,44+,45+,46-/m1/s1. The number of unbranched alkanes of at least 4 members (excludes halogenated alkanes) is 11. The zero-order valence-electron chi connectivity index (χ0n) is 35.8. The number of methoxy groups -OCH3 is 4. The van der Waals surface area contributed by atoms with Gasteiger partial charge in [-0.3, -0.25) is 4.79 Å². The van der Waals surface area contributed by atoms with Gasteiger partial charge < -0.3 is 48.6 Å². The van der Waals surface area contributed by atoms with Crippen molar-refractivity contribution in [3.8, 4) is 0 Å². The summed E-state index contributed by atoms with van der Waals surface area (Å²) in [5.41, 5.74) is -4.82. The van der Waals surface area contributed by atoms with Crippen LogP contribution in [0.15, 0.2) is 30.3 Å². The molecule has 15 atom stereocenters. The number of hydrogen-bond acceptors (Lipinski definition) is 12. The van der Waals surface area contributed by atoms with Gasteiger partial charge in [-0.25, -0.2) is 4.79 Å². The summed E-state index contributed by atoms with van der Waals surface area (Å²) in [5.74, 6) is -3.48. The van der Waals surface area contributed by atoms with Gasteiger partial charge in [0.2, 0.25) is 0 Å². The van der Waals surface area contributed by atoms with E-state index in [2.05, 4.69) is 11.8 Å². The minimum Gasteiger partial charge on any atom is -0.455 e. The van der Waals surface area contributed by atoms with Gasteiger partial charge in [-0.05, 0) is 37.9 Å². The zero-order chi connectivity index (χ0) is 41.5. The molecule has 7 bridgehead atoms. The lowest BCUT2D eigenvalue weighted by molar-refractivity contribution is -0.321. The van der Waals surface area contributed by atoms with Crippen LogP contribution in [-0.2, 0) is 33.2 Å². The Morgan fingerprint density at radius 1 is 0.828 bits per heavy atom. The highest BCUT2D eigenvalue weighted by atomic mass is 16.6. The van der Waals surface area contributed by atoms with Crippen molar-refractivity contribution in [1.82, 2.24) is 4.90 Å². The van der Waals surface area contributed by atoms with Crippen molar-refractivity contribution in [2.24, 2.45) is 34.5 Å². The van der Waals surface area contributed by atoms with E-state index < -0.39 is 88.3 Å². The molecule has 1 spiro atoms. The van der Waals surface area contributed by atoms with Crippen molar-refractivity contribution in [3.63, 3.8) is 0 Å². The Morgan fingerprint density at radius 2 is 1.47 bits per heavy atom. The lowest BCUT2D eigenvalue weighted by atomic mass is 9.42. The fraction of sp³-hybridized carbons (Fsp3) is 0.826. The second-order valence-electron chi connectivity index (χ2n) is 18.8. The molecule has 1 aromatic rings. The molecule has 6 aliphatic rings. The maximum Gasteiger partial charge on any atom is 0.338 e.